The van der Waals surface area contributed by atoms with Gasteiger partial charge in [0.1, 0.15) is 6.04 Å². The lowest BCUT2D eigenvalue weighted by molar-refractivity contribution is -0.130. The van der Waals surface area contributed by atoms with Crippen molar-refractivity contribution in [3.05, 3.63) is 0 Å². The first-order valence-corrected chi connectivity index (χ1v) is 6.61. The molecule has 0 aromatic heterocycles. The molecule has 0 aromatic rings. The van der Waals surface area contributed by atoms with Crippen molar-refractivity contribution in [1.82, 2.24) is 10.6 Å². The van der Waals surface area contributed by atoms with Crippen LogP contribution in [0.25, 0.3) is 0 Å². The smallest absolute Gasteiger partial charge is 0.243 e. The highest BCUT2D eigenvalue weighted by molar-refractivity contribution is 5.91. The molecule has 7 nitrogen and oxygen atoms in total. The van der Waals surface area contributed by atoms with Crippen LogP contribution < -0.4 is 22.1 Å². The number of carbonyl (C=O) groups is 3. The summed E-state index contributed by atoms with van der Waals surface area (Å²) in [6.45, 7) is 0.331. The van der Waals surface area contributed by atoms with Gasteiger partial charge >= 0.3 is 0 Å². The van der Waals surface area contributed by atoms with Crippen molar-refractivity contribution < 1.29 is 14.4 Å². The highest BCUT2D eigenvalue weighted by Gasteiger charge is 2.32. The number of carbonyl (C=O) groups excluding carboxylic acids is 3. The molecular formula is C12H22N4O3. The number of hydrogen-bond acceptors (Lipinski definition) is 4. The average molecular weight is 270 g/mol. The maximum absolute atomic E-state index is 11.9. The molecule has 1 fully saturated rings. The van der Waals surface area contributed by atoms with E-state index in [2.05, 4.69) is 10.6 Å². The minimum atomic E-state index is -0.612. The van der Waals surface area contributed by atoms with Crippen LogP contribution >= 0.6 is 0 Å². The van der Waals surface area contributed by atoms with Gasteiger partial charge in [0.05, 0.1) is 6.54 Å². The predicted molar refractivity (Wildman–Crippen MR) is 69.8 cm³/mol. The first-order valence-electron chi connectivity index (χ1n) is 6.61. The van der Waals surface area contributed by atoms with Crippen LogP contribution in [0, 0.1) is 5.92 Å². The molecule has 1 rings (SSSR count). The molecule has 1 atom stereocenters. The maximum atomic E-state index is 11.9. The fourth-order valence-electron chi connectivity index (χ4n) is 1.69. The van der Waals surface area contributed by atoms with Crippen molar-refractivity contribution in [3.63, 3.8) is 0 Å². The number of primary amides is 1. The van der Waals surface area contributed by atoms with Crippen LogP contribution in [0.3, 0.4) is 0 Å². The molecule has 3 amide bonds. The van der Waals surface area contributed by atoms with Gasteiger partial charge in [-0.3, -0.25) is 14.4 Å². The van der Waals surface area contributed by atoms with E-state index >= 15 is 0 Å². The van der Waals surface area contributed by atoms with Crippen molar-refractivity contribution in [2.24, 2.45) is 17.4 Å². The third-order valence-electron chi connectivity index (χ3n) is 2.96. The molecule has 1 unspecified atom stereocenters. The Morgan fingerprint density at radius 3 is 2.42 bits per heavy atom. The standard InChI is InChI=1S/C12H22N4O3/c13-6-2-1-3-9(12(19)15-7-10(14)17)16-11(18)8-4-5-8/h8-9H,1-7,13H2,(H2,14,17)(H,15,19)(H,16,18). The summed E-state index contributed by atoms with van der Waals surface area (Å²) in [5.74, 6) is -1.03. The third-order valence-corrected chi connectivity index (χ3v) is 2.96. The Morgan fingerprint density at radius 1 is 1.21 bits per heavy atom. The Bertz CT molecular complexity index is 342. The van der Waals surface area contributed by atoms with Crippen molar-refractivity contribution in [2.45, 2.75) is 38.1 Å². The van der Waals surface area contributed by atoms with Crippen molar-refractivity contribution >= 4 is 17.7 Å². The number of nitrogens with one attached hydrogen (secondary N) is 2. The van der Waals surface area contributed by atoms with Gasteiger partial charge in [-0.25, -0.2) is 0 Å². The zero-order valence-electron chi connectivity index (χ0n) is 11.0. The topological polar surface area (TPSA) is 127 Å². The Morgan fingerprint density at radius 2 is 1.89 bits per heavy atom. The van der Waals surface area contributed by atoms with E-state index in [1.807, 2.05) is 0 Å². The number of hydrogen-bond donors (Lipinski definition) is 4. The van der Waals surface area contributed by atoms with Gasteiger partial charge in [0, 0.05) is 5.92 Å². The van der Waals surface area contributed by atoms with E-state index in [0.29, 0.717) is 13.0 Å². The lowest BCUT2D eigenvalue weighted by Crippen LogP contribution is -2.49. The Kier molecular flexibility index (Phi) is 6.27. The molecule has 0 heterocycles. The number of nitrogens with two attached hydrogens (primary N) is 2. The molecule has 7 heteroatoms. The van der Waals surface area contributed by atoms with Crippen LogP contribution in [0.15, 0.2) is 0 Å². The molecule has 19 heavy (non-hydrogen) atoms. The van der Waals surface area contributed by atoms with Gasteiger partial charge < -0.3 is 22.1 Å². The zero-order valence-corrected chi connectivity index (χ0v) is 11.0. The maximum Gasteiger partial charge on any atom is 0.243 e. The molecule has 1 saturated carbocycles. The Balaban J connectivity index is 2.43. The zero-order chi connectivity index (χ0) is 14.3. The van der Waals surface area contributed by atoms with Gasteiger partial charge in [0.15, 0.2) is 0 Å². The molecule has 0 aliphatic heterocycles. The lowest BCUT2D eigenvalue weighted by Gasteiger charge is -2.17. The van der Waals surface area contributed by atoms with E-state index < -0.39 is 11.9 Å². The van der Waals surface area contributed by atoms with Gasteiger partial charge in [-0.2, -0.15) is 0 Å². The SMILES string of the molecule is NCCCCC(NC(=O)C1CC1)C(=O)NCC(N)=O. The van der Waals surface area contributed by atoms with E-state index in [1.54, 1.807) is 0 Å². The highest BCUT2D eigenvalue weighted by Crippen LogP contribution is 2.29. The summed E-state index contributed by atoms with van der Waals surface area (Å²) < 4.78 is 0. The summed E-state index contributed by atoms with van der Waals surface area (Å²) in [7, 11) is 0. The van der Waals surface area contributed by atoms with Gasteiger partial charge in [-0.1, -0.05) is 0 Å². The molecule has 0 bridgehead atoms. The molecule has 6 N–H and O–H groups in total. The second-order valence-corrected chi connectivity index (χ2v) is 4.80. The first kappa shape index (κ1) is 15.4. The summed E-state index contributed by atoms with van der Waals surface area (Å²) in [5, 5.41) is 5.13. The first-order chi connectivity index (χ1) is 9.04. The summed E-state index contributed by atoms with van der Waals surface area (Å²) in [5.41, 5.74) is 10.4. The van der Waals surface area contributed by atoms with E-state index in [1.165, 1.54) is 0 Å². The normalized spacial score (nSPS) is 15.6. The van der Waals surface area contributed by atoms with Gasteiger partial charge in [0.25, 0.3) is 0 Å². The lowest BCUT2D eigenvalue weighted by atomic mass is 10.1. The van der Waals surface area contributed by atoms with E-state index in [4.69, 9.17) is 11.5 Å². The minimum absolute atomic E-state index is 0.0425. The van der Waals surface area contributed by atoms with Crippen LogP contribution in [0.4, 0.5) is 0 Å². The number of amides is 3. The summed E-state index contributed by atoms with van der Waals surface area (Å²) in [6, 6.07) is -0.612. The third kappa shape index (κ3) is 6.19. The Hall–Kier alpha value is -1.63. The van der Waals surface area contributed by atoms with Crippen molar-refractivity contribution in [1.29, 1.82) is 0 Å². The second kappa shape index (κ2) is 7.73. The van der Waals surface area contributed by atoms with Crippen LogP contribution in [-0.4, -0.2) is 36.9 Å². The molecule has 0 spiro atoms. The minimum Gasteiger partial charge on any atom is -0.368 e. The Labute approximate surface area is 112 Å². The van der Waals surface area contributed by atoms with Crippen LogP contribution in [0.2, 0.25) is 0 Å². The van der Waals surface area contributed by atoms with E-state index in [-0.39, 0.29) is 24.3 Å². The molecule has 1 aliphatic rings. The fraction of sp³-hybridized carbons (Fsp3) is 0.750. The number of rotatable bonds is 9. The molecule has 1 aliphatic carbocycles. The van der Waals surface area contributed by atoms with E-state index in [0.717, 1.165) is 25.7 Å². The van der Waals surface area contributed by atoms with Crippen LogP contribution in [0.5, 0.6) is 0 Å². The van der Waals surface area contributed by atoms with E-state index in [9.17, 15) is 14.4 Å². The fourth-order valence-corrected chi connectivity index (χ4v) is 1.69. The number of unbranched alkanes of at least 4 members (excludes halogenated alkanes) is 1. The highest BCUT2D eigenvalue weighted by atomic mass is 16.2. The monoisotopic (exact) mass is 270 g/mol. The molecule has 0 radical (unpaired) electrons. The summed E-state index contributed by atoms with van der Waals surface area (Å²) in [6.07, 6.45) is 3.81. The van der Waals surface area contributed by atoms with Crippen molar-refractivity contribution in [2.75, 3.05) is 13.1 Å². The van der Waals surface area contributed by atoms with Crippen molar-refractivity contribution in [3.8, 4) is 0 Å². The molecular weight excluding hydrogens is 248 g/mol. The summed E-state index contributed by atoms with van der Waals surface area (Å²) >= 11 is 0. The quantitative estimate of drug-likeness (QED) is 0.385. The molecule has 0 aromatic carbocycles. The molecule has 0 saturated heterocycles. The average Bonchev–Trinajstić information content (AvgIpc) is 3.18. The summed E-state index contributed by atoms with van der Waals surface area (Å²) in [4.78, 5) is 34.2. The van der Waals surface area contributed by atoms with Gasteiger partial charge in [0.2, 0.25) is 17.7 Å². The van der Waals surface area contributed by atoms with Crippen LogP contribution in [-0.2, 0) is 14.4 Å². The van der Waals surface area contributed by atoms with Gasteiger partial charge in [-0.15, -0.1) is 0 Å². The second-order valence-electron chi connectivity index (χ2n) is 4.80. The van der Waals surface area contributed by atoms with Gasteiger partial charge in [-0.05, 0) is 38.6 Å². The molecule has 108 valence electrons. The largest absolute Gasteiger partial charge is 0.368 e. The predicted octanol–water partition coefficient (Wildman–Crippen LogP) is -1.39. The van der Waals surface area contributed by atoms with Crippen LogP contribution in [0.1, 0.15) is 32.1 Å².